The van der Waals surface area contributed by atoms with E-state index in [1.54, 1.807) is 13.2 Å². The number of hydrogen-bond acceptors (Lipinski definition) is 4. The van der Waals surface area contributed by atoms with Crippen LogP contribution >= 0.6 is 12.4 Å². The Labute approximate surface area is 154 Å². The minimum atomic E-state index is -0.455. The SMILES string of the molecule is COCC1(C(=O)N2CCOC(c3cccc(F)c3)C2)CCNCC1.Cl. The first kappa shape index (κ1) is 20.1. The number of nitrogens with one attached hydrogen (secondary N) is 1. The molecule has 2 aliphatic rings. The van der Waals surface area contributed by atoms with Crippen LogP contribution in [-0.2, 0) is 14.3 Å². The second-order valence-electron chi connectivity index (χ2n) is 6.63. The minimum Gasteiger partial charge on any atom is -0.384 e. The zero-order chi connectivity index (χ0) is 17.0. The van der Waals surface area contributed by atoms with Crippen molar-refractivity contribution in [3.8, 4) is 0 Å². The second kappa shape index (κ2) is 8.94. The van der Waals surface area contributed by atoms with Crippen LogP contribution in [0.1, 0.15) is 24.5 Å². The molecular weight excluding hydrogens is 347 g/mol. The van der Waals surface area contributed by atoms with Gasteiger partial charge in [0.25, 0.3) is 0 Å². The quantitative estimate of drug-likeness (QED) is 0.880. The van der Waals surface area contributed by atoms with Gasteiger partial charge in [0.05, 0.1) is 25.2 Å². The lowest BCUT2D eigenvalue weighted by atomic mass is 9.78. The first-order chi connectivity index (χ1) is 11.6. The maximum atomic E-state index is 13.5. The Hall–Kier alpha value is -1.21. The highest BCUT2D eigenvalue weighted by Gasteiger charge is 2.43. The highest BCUT2D eigenvalue weighted by molar-refractivity contribution is 5.85. The molecule has 2 fully saturated rings. The van der Waals surface area contributed by atoms with E-state index in [0.29, 0.717) is 26.3 Å². The molecule has 2 heterocycles. The Morgan fingerprint density at radius 1 is 1.44 bits per heavy atom. The summed E-state index contributed by atoms with van der Waals surface area (Å²) < 4.78 is 24.6. The van der Waals surface area contributed by atoms with Gasteiger partial charge in [-0.2, -0.15) is 0 Å². The zero-order valence-corrected chi connectivity index (χ0v) is 15.3. The van der Waals surface area contributed by atoms with E-state index in [0.717, 1.165) is 31.5 Å². The van der Waals surface area contributed by atoms with Gasteiger partial charge in [0.2, 0.25) is 5.91 Å². The van der Waals surface area contributed by atoms with Gasteiger partial charge < -0.3 is 19.7 Å². The molecule has 0 radical (unpaired) electrons. The van der Waals surface area contributed by atoms with Crippen LogP contribution in [0.15, 0.2) is 24.3 Å². The van der Waals surface area contributed by atoms with Crippen LogP contribution in [0.2, 0.25) is 0 Å². The van der Waals surface area contributed by atoms with Gasteiger partial charge in [0.15, 0.2) is 0 Å². The van der Waals surface area contributed by atoms with E-state index in [1.165, 1.54) is 12.1 Å². The first-order valence-electron chi connectivity index (χ1n) is 8.51. The fourth-order valence-electron chi connectivity index (χ4n) is 3.68. The Morgan fingerprint density at radius 2 is 2.20 bits per heavy atom. The van der Waals surface area contributed by atoms with Crippen molar-refractivity contribution in [2.75, 3.05) is 46.5 Å². The Bertz CT molecular complexity index is 576. The van der Waals surface area contributed by atoms with Crippen molar-refractivity contribution in [1.82, 2.24) is 10.2 Å². The summed E-state index contributed by atoms with van der Waals surface area (Å²) in [5.41, 5.74) is 0.322. The van der Waals surface area contributed by atoms with Gasteiger partial charge in [-0.3, -0.25) is 4.79 Å². The average Bonchev–Trinajstić information content (AvgIpc) is 2.62. The van der Waals surface area contributed by atoms with E-state index >= 15 is 0 Å². The van der Waals surface area contributed by atoms with Gasteiger partial charge in [-0.25, -0.2) is 4.39 Å². The largest absolute Gasteiger partial charge is 0.384 e. The van der Waals surface area contributed by atoms with E-state index in [1.807, 2.05) is 11.0 Å². The summed E-state index contributed by atoms with van der Waals surface area (Å²) in [5, 5.41) is 3.30. The maximum Gasteiger partial charge on any atom is 0.231 e. The molecule has 0 aliphatic carbocycles. The van der Waals surface area contributed by atoms with E-state index in [-0.39, 0.29) is 30.2 Å². The number of amides is 1. The fourth-order valence-corrected chi connectivity index (χ4v) is 3.68. The highest BCUT2D eigenvalue weighted by Crippen LogP contribution is 2.33. The van der Waals surface area contributed by atoms with Crippen LogP contribution in [0, 0.1) is 11.2 Å². The van der Waals surface area contributed by atoms with Crippen molar-refractivity contribution < 1.29 is 18.7 Å². The summed E-state index contributed by atoms with van der Waals surface area (Å²) in [6.45, 7) is 3.59. The highest BCUT2D eigenvalue weighted by atomic mass is 35.5. The van der Waals surface area contributed by atoms with Gasteiger partial charge in [-0.1, -0.05) is 12.1 Å². The third-order valence-electron chi connectivity index (χ3n) is 5.01. The molecule has 5 nitrogen and oxygen atoms in total. The molecule has 3 rings (SSSR count). The van der Waals surface area contributed by atoms with Crippen LogP contribution in [0.5, 0.6) is 0 Å². The molecule has 2 aliphatic heterocycles. The number of morpholine rings is 1. The minimum absolute atomic E-state index is 0. The van der Waals surface area contributed by atoms with Crippen molar-refractivity contribution in [2.45, 2.75) is 18.9 Å². The number of carbonyl (C=O) groups excluding carboxylic acids is 1. The number of nitrogens with zero attached hydrogens (tertiary/aromatic N) is 1. The van der Waals surface area contributed by atoms with E-state index < -0.39 is 5.41 Å². The molecule has 0 saturated carbocycles. The van der Waals surface area contributed by atoms with E-state index in [4.69, 9.17) is 9.47 Å². The molecule has 1 atom stereocenters. The molecule has 1 unspecified atom stereocenters. The summed E-state index contributed by atoms with van der Waals surface area (Å²) in [4.78, 5) is 15.1. The first-order valence-corrected chi connectivity index (χ1v) is 8.51. The molecule has 140 valence electrons. The third kappa shape index (κ3) is 4.50. The van der Waals surface area contributed by atoms with Crippen LogP contribution in [-0.4, -0.2) is 57.3 Å². The van der Waals surface area contributed by atoms with E-state index in [9.17, 15) is 9.18 Å². The van der Waals surface area contributed by atoms with Crippen molar-refractivity contribution in [3.63, 3.8) is 0 Å². The van der Waals surface area contributed by atoms with Crippen molar-refractivity contribution in [2.24, 2.45) is 5.41 Å². The summed E-state index contributed by atoms with van der Waals surface area (Å²) in [6, 6.07) is 6.41. The van der Waals surface area contributed by atoms with Crippen LogP contribution in [0.25, 0.3) is 0 Å². The lowest BCUT2D eigenvalue weighted by Crippen LogP contribution is -2.54. The molecule has 0 spiro atoms. The molecule has 25 heavy (non-hydrogen) atoms. The molecule has 1 aromatic rings. The number of hydrogen-bond donors (Lipinski definition) is 1. The van der Waals surface area contributed by atoms with Crippen LogP contribution in [0.3, 0.4) is 0 Å². The maximum absolute atomic E-state index is 13.5. The Balaban J connectivity index is 0.00000225. The third-order valence-corrected chi connectivity index (χ3v) is 5.01. The van der Waals surface area contributed by atoms with Gasteiger partial charge in [-0.05, 0) is 43.6 Å². The smallest absolute Gasteiger partial charge is 0.231 e. The van der Waals surface area contributed by atoms with Gasteiger partial charge in [0.1, 0.15) is 11.9 Å². The Morgan fingerprint density at radius 3 is 2.88 bits per heavy atom. The zero-order valence-electron chi connectivity index (χ0n) is 14.5. The average molecular weight is 373 g/mol. The molecule has 1 N–H and O–H groups in total. The number of halogens is 2. The molecular formula is C18H26ClFN2O3. The molecule has 0 aromatic heterocycles. The number of carbonyl (C=O) groups is 1. The Kier molecular flexibility index (Phi) is 7.19. The van der Waals surface area contributed by atoms with Gasteiger partial charge in [0, 0.05) is 13.7 Å². The van der Waals surface area contributed by atoms with Crippen molar-refractivity contribution >= 4 is 18.3 Å². The monoisotopic (exact) mass is 372 g/mol. The van der Waals surface area contributed by atoms with Gasteiger partial charge in [-0.15, -0.1) is 12.4 Å². The number of benzene rings is 1. The molecule has 2 saturated heterocycles. The number of methoxy groups -OCH3 is 1. The molecule has 0 bridgehead atoms. The molecule has 1 amide bonds. The number of ether oxygens (including phenoxy) is 2. The summed E-state index contributed by atoms with van der Waals surface area (Å²) in [7, 11) is 1.64. The van der Waals surface area contributed by atoms with Crippen molar-refractivity contribution in [3.05, 3.63) is 35.6 Å². The predicted molar refractivity (Wildman–Crippen MR) is 95.3 cm³/mol. The number of piperidine rings is 1. The second-order valence-corrected chi connectivity index (χ2v) is 6.63. The predicted octanol–water partition coefficient (Wildman–Crippen LogP) is 2.16. The van der Waals surface area contributed by atoms with Crippen molar-refractivity contribution in [1.29, 1.82) is 0 Å². The van der Waals surface area contributed by atoms with E-state index in [2.05, 4.69) is 5.32 Å². The summed E-state index contributed by atoms with van der Waals surface area (Å²) >= 11 is 0. The lowest BCUT2D eigenvalue weighted by Gasteiger charge is -2.42. The molecule has 1 aromatic carbocycles. The standard InChI is InChI=1S/C18H25FN2O3.ClH/c1-23-13-18(5-7-20-8-6-18)17(22)21-9-10-24-16(12-21)14-3-2-4-15(19)11-14;/h2-4,11,16,20H,5-10,12-13H2,1H3;1H. The number of rotatable bonds is 4. The molecule has 7 heteroatoms. The van der Waals surface area contributed by atoms with Crippen LogP contribution in [0.4, 0.5) is 4.39 Å². The lowest BCUT2D eigenvalue weighted by molar-refractivity contribution is -0.155. The normalized spacial score (nSPS) is 23.0. The summed E-state index contributed by atoms with van der Waals surface area (Å²) in [6.07, 6.45) is 1.28. The van der Waals surface area contributed by atoms with Gasteiger partial charge >= 0.3 is 0 Å². The summed E-state index contributed by atoms with van der Waals surface area (Å²) in [5.74, 6) is -0.149. The topological polar surface area (TPSA) is 50.8 Å². The van der Waals surface area contributed by atoms with Crippen LogP contribution < -0.4 is 5.32 Å². The fraction of sp³-hybridized carbons (Fsp3) is 0.611.